The summed E-state index contributed by atoms with van der Waals surface area (Å²) < 4.78 is 0. The van der Waals surface area contributed by atoms with E-state index in [1.807, 2.05) is 0 Å². The minimum atomic E-state index is -2.62. The molecule has 0 saturated carbocycles. The average molecular weight is 136 g/mol. The summed E-state index contributed by atoms with van der Waals surface area (Å²) in [5.41, 5.74) is 0. The molecular weight excluding hydrogens is 129 g/mol. The van der Waals surface area contributed by atoms with Crippen LogP contribution in [0.1, 0.15) is 0 Å². The van der Waals surface area contributed by atoms with Crippen molar-refractivity contribution in [2.75, 3.05) is 0 Å². The second-order valence-corrected chi connectivity index (χ2v) is 0.805. The molecule has 0 heterocycles. The summed E-state index contributed by atoms with van der Waals surface area (Å²) in [5.74, 6) is 0. The molecule has 3 N–H and O–H groups in total. The van der Waals surface area contributed by atoms with Crippen LogP contribution in [-0.4, -0.2) is 61.6 Å². The summed E-state index contributed by atoms with van der Waals surface area (Å²) in [4.78, 5) is 21.7. The van der Waals surface area contributed by atoms with Crippen LogP contribution in [0.2, 0.25) is 0 Å². The van der Waals surface area contributed by atoms with E-state index in [0.29, 0.717) is 0 Å². The first-order chi connectivity index (χ1) is 1.73. The first kappa shape index (κ1) is 15.7. The molecule has 0 aliphatic carbocycles. The van der Waals surface area contributed by atoms with E-state index in [4.69, 9.17) is 14.7 Å². The molecule has 6 heavy (non-hydrogen) atoms. The van der Waals surface area contributed by atoms with E-state index in [9.17, 15) is 0 Å². The van der Waals surface area contributed by atoms with Crippen molar-refractivity contribution in [3.63, 3.8) is 0 Å². The Balaban J connectivity index is -0.0000000450. The normalized spacial score (nSPS) is 6.00. The van der Waals surface area contributed by atoms with Crippen LogP contribution in [0.3, 0.4) is 0 Å². The summed E-state index contributed by atoms with van der Waals surface area (Å²) in [7, 11) is -2.62. The van der Waals surface area contributed by atoms with E-state index in [-0.39, 0.29) is 46.9 Å². The number of hydrogen-bond acceptors (Lipinski definition) is 3. The van der Waals surface area contributed by atoms with E-state index < -0.39 is 8.60 Å². The summed E-state index contributed by atoms with van der Waals surface area (Å²) in [6.07, 6.45) is 0. The fourth-order valence-electron chi connectivity index (χ4n) is 0. The molecule has 34 valence electrons. The standard InChI is InChI=1S/Al.Na.H3O3P.4H/c;;1-4(2)3;;;;/h;;1-3H;;;;. The monoisotopic (exact) mass is 136 g/mol. The summed E-state index contributed by atoms with van der Waals surface area (Å²) in [6, 6.07) is 0. The van der Waals surface area contributed by atoms with E-state index in [1.165, 1.54) is 0 Å². The molecule has 0 amide bonds. The Bertz CT molecular complexity index is 15.5. The Morgan fingerprint density at radius 1 is 1.00 bits per heavy atom. The van der Waals surface area contributed by atoms with Gasteiger partial charge < -0.3 is 14.7 Å². The molecule has 0 radical (unpaired) electrons. The van der Waals surface area contributed by atoms with E-state index in [1.54, 1.807) is 0 Å². The van der Waals surface area contributed by atoms with Gasteiger partial charge in [-0.3, -0.25) is 0 Å². The van der Waals surface area contributed by atoms with Crippen LogP contribution >= 0.6 is 8.60 Å². The van der Waals surface area contributed by atoms with Gasteiger partial charge >= 0.3 is 38.2 Å². The fraction of sp³-hybridized carbons (Fsp3) is 0. The number of rotatable bonds is 0. The molecule has 0 saturated heterocycles. The second-order valence-electron chi connectivity index (χ2n) is 0.268. The first-order valence-electron chi connectivity index (χ1n) is 0.600. The third-order valence-corrected chi connectivity index (χ3v) is 0. The van der Waals surface area contributed by atoms with Gasteiger partial charge in [0.1, 0.15) is 0 Å². The van der Waals surface area contributed by atoms with Crippen molar-refractivity contribution in [3.8, 4) is 0 Å². The van der Waals surface area contributed by atoms with Gasteiger partial charge in [0.05, 0.1) is 0 Å². The van der Waals surface area contributed by atoms with E-state index in [2.05, 4.69) is 0 Å². The molecule has 0 aliphatic heterocycles. The molecule has 0 aromatic rings. The van der Waals surface area contributed by atoms with Crippen molar-refractivity contribution >= 4 is 55.5 Å². The molecular formula is H7AlNaO3P. The maximum atomic E-state index is 7.23. The van der Waals surface area contributed by atoms with Gasteiger partial charge in [0.25, 0.3) is 0 Å². The van der Waals surface area contributed by atoms with Crippen LogP contribution < -0.4 is 0 Å². The predicted molar refractivity (Wildman–Crippen MR) is 30.7 cm³/mol. The molecule has 0 aliphatic rings. The molecule has 0 unspecified atom stereocenters. The van der Waals surface area contributed by atoms with E-state index >= 15 is 0 Å². The van der Waals surface area contributed by atoms with Gasteiger partial charge in [0.15, 0.2) is 17.4 Å². The molecule has 0 aromatic carbocycles. The Hall–Kier alpha value is 1.84. The van der Waals surface area contributed by atoms with Gasteiger partial charge in [-0.15, -0.1) is 0 Å². The third-order valence-electron chi connectivity index (χ3n) is 0. The minimum absolute atomic E-state index is 0. The van der Waals surface area contributed by atoms with Crippen molar-refractivity contribution in [3.05, 3.63) is 0 Å². The predicted octanol–water partition coefficient (Wildman–Crippen LogP) is -2.64. The fourth-order valence-corrected chi connectivity index (χ4v) is 0. The van der Waals surface area contributed by atoms with Crippen molar-refractivity contribution in [1.29, 1.82) is 0 Å². The summed E-state index contributed by atoms with van der Waals surface area (Å²) >= 11 is 0. The van der Waals surface area contributed by atoms with Crippen LogP contribution in [-0.2, 0) is 0 Å². The zero-order chi connectivity index (χ0) is 3.58. The van der Waals surface area contributed by atoms with Crippen molar-refractivity contribution in [2.24, 2.45) is 0 Å². The first-order valence-corrected chi connectivity index (χ1v) is 1.80. The Morgan fingerprint density at radius 2 is 1.00 bits per heavy atom. The third kappa shape index (κ3) is 40.4. The number of hydrogen-bond donors (Lipinski definition) is 3. The maximum absolute atomic E-state index is 7.23. The molecule has 3 nitrogen and oxygen atoms in total. The summed E-state index contributed by atoms with van der Waals surface area (Å²) in [6.45, 7) is 0. The topological polar surface area (TPSA) is 60.7 Å². The molecule has 0 rings (SSSR count). The van der Waals surface area contributed by atoms with E-state index in [0.717, 1.165) is 0 Å². The second kappa shape index (κ2) is 9.96. The van der Waals surface area contributed by atoms with Crippen molar-refractivity contribution in [2.45, 2.75) is 0 Å². The van der Waals surface area contributed by atoms with Crippen LogP contribution in [0.25, 0.3) is 0 Å². The van der Waals surface area contributed by atoms with Gasteiger partial charge in [0, 0.05) is 0 Å². The molecule has 0 bridgehead atoms. The van der Waals surface area contributed by atoms with Gasteiger partial charge in [-0.2, -0.15) is 0 Å². The quantitative estimate of drug-likeness (QED) is 0.252. The van der Waals surface area contributed by atoms with Crippen LogP contribution in [0, 0.1) is 0 Å². The Kier molecular flexibility index (Phi) is 26.0. The Morgan fingerprint density at radius 3 is 1.00 bits per heavy atom. The van der Waals surface area contributed by atoms with Gasteiger partial charge in [-0.05, 0) is 0 Å². The average Bonchev–Trinajstić information content (AvgIpc) is 0.811. The van der Waals surface area contributed by atoms with Gasteiger partial charge in [-0.1, -0.05) is 0 Å². The SMILES string of the molecule is OP(O)O.[AlH3].[NaH]. The summed E-state index contributed by atoms with van der Waals surface area (Å²) in [5, 5.41) is 0. The molecule has 0 atom stereocenters. The van der Waals surface area contributed by atoms with Gasteiger partial charge in [0.2, 0.25) is 0 Å². The van der Waals surface area contributed by atoms with Crippen LogP contribution in [0.15, 0.2) is 0 Å². The zero-order valence-electron chi connectivity index (χ0n) is 1.79. The molecule has 6 heteroatoms. The van der Waals surface area contributed by atoms with Gasteiger partial charge in [-0.25, -0.2) is 0 Å². The van der Waals surface area contributed by atoms with Crippen molar-refractivity contribution < 1.29 is 14.7 Å². The molecule has 0 fully saturated rings. The molecule has 0 aromatic heterocycles. The van der Waals surface area contributed by atoms with Crippen LogP contribution in [0.4, 0.5) is 0 Å². The molecule has 0 spiro atoms. The van der Waals surface area contributed by atoms with Crippen LogP contribution in [0.5, 0.6) is 0 Å². The zero-order valence-corrected chi connectivity index (χ0v) is 2.68. The Labute approximate surface area is 69.8 Å². The van der Waals surface area contributed by atoms with Crippen molar-refractivity contribution in [1.82, 2.24) is 0 Å².